The highest BCUT2D eigenvalue weighted by molar-refractivity contribution is 7.22. The van der Waals surface area contributed by atoms with E-state index in [0.29, 0.717) is 12.1 Å². The van der Waals surface area contributed by atoms with Crippen molar-refractivity contribution >= 4 is 53.4 Å². The lowest BCUT2D eigenvalue weighted by atomic mass is 10.0. The summed E-state index contributed by atoms with van der Waals surface area (Å²) in [6.45, 7) is 5.74. The molecule has 2 aromatic carbocycles. The van der Waals surface area contributed by atoms with E-state index in [1.807, 2.05) is 12.1 Å². The number of hydrogen-bond donors (Lipinski definition) is 0. The van der Waals surface area contributed by atoms with Crippen molar-refractivity contribution < 1.29 is 8.78 Å². The molecule has 0 atom stereocenters. The van der Waals surface area contributed by atoms with Crippen molar-refractivity contribution in [1.29, 1.82) is 0 Å². The largest absolute Gasteiger partial charge is 0.348 e. The van der Waals surface area contributed by atoms with Gasteiger partial charge in [0.25, 0.3) is 0 Å². The molecule has 2 aliphatic heterocycles. The summed E-state index contributed by atoms with van der Waals surface area (Å²) in [5.74, 6) is 6.34. The van der Waals surface area contributed by atoms with Crippen LogP contribution in [-0.2, 0) is 0 Å². The second kappa shape index (κ2) is 12.0. The van der Waals surface area contributed by atoms with Crippen LogP contribution in [0.25, 0.3) is 20.4 Å². The van der Waals surface area contributed by atoms with Gasteiger partial charge in [0.2, 0.25) is 0 Å². The standard InChI is InChI=1S/C30H34F2N6S2/c1-35(29-33-25-19-21(31)5-7-27(25)39-29)23-9-15-37(16-10-23)13-3-4-14-38-17-11-24(12-18-38)36(2)30-34-26-20-22(32)6-8-28(26)40-30/h5-8,19-20,23-24H,9-18H2,1-2H3. The molecule has 2 saturated heterocycles. The molecule has 2 aromatic heterocycles. The molecule has 0 saturated carbocycles. The van der Waals surface area contributed by atoms with Gasteiger partial charge in [0.05, 0.1) is 33.5 Å². The zero-order valence-electron chi connectivity index (χ0n) is 22.9. The van der Waals surface area contributed by atoms with Crippen LogP contribution in [0.1, 0.15) is 25.7 Å². The van der Waals surface area contributed by atoms with E-state index in [2.05, 4.69) is 55.5 Å². The number of anilines is 2. The zero-order valence-corrected chi connectivity index (χ0v) is 24.6. The lowest BCUT2D eigenvalue weighted by Gasteiger charge is -2.36. The molecule has 10 heteroatoms. The summed E-state index contributed by atoms with van der Waals surface area (Å²) in [6, 6.07) is 10.5. The molecule has 6 nitrogen and oxygen atoms in total. The third-order valence-corrected chi connectivity index (χ3v) is 10.5. The van der Waals surface area contributed by atoms with Crippen molar-refractivity contribution in [3.8, 4) is 11.8 Å². The van der Waals surface area contributed by atoms with Crippen LogP contribution >= 0.6 is 22.7 Å². The summed E-state index contributed by atoms with van der Waals surface area (Å²) >= 11 is 3.26. The van der Waals surface area contributed by atoms with Crippen molar-refractivity contribution in [3.63, 3.8) is 0 Å². The van der Waals surface area contributed by atoms with Gasteiger partial charge in [-0.15, -0.1) is 0 Å². The Morgan fingerprint density at radius 3 is 1.52 bits per heavy atom. The minimum absolute atomic E-state index is 0.237. The number of rotatable bonds is 6. The van der Waals surface area contributed by atoms with E-state index < -0.39 is 0 Å². The molecule has 0 bridgehead atoms. The van der Waals surface area contributed by atoms with Gasteiger partial charge in [0.15, 0.2) is 10.3 Å². The average molecular weight is 581 g/mol. The molecule has 0 aliphatic carbocycles. The van der Waals surface area contributed by atoms with Crippen LogP contribution in [0.2, 0.25) is 0 Å². The maximum absolute atomic E-state index is 13.5. The molecular weight excluding hydrogens is 547 g/mol. The first-order valence-corrected chi connectivity index (χ1v) is 15.5. The van der Waals surface area contributed by atoms with E-state index in [4.69, 9.17) is 0 Å². The molecule has 40 heavy (non-hydrogen) atoms. The van der Waals surface area contributed by atoms with Gasteiger partial charge in [-0.1, -0.05) is 34.5 Å². The van der Waals surface area contributed by atoms with Crippen LogP contribution < -0.4 is 9.80 Å². The molecule has 0 amide bonds. The predicted molar refractivity (Wildman–Crippen MR) is 163 cm³/mol. The maximum Gasteiger partial charge on any atom is 0.186 e. The van der Waals surface area contributed by atoms with Crippen molar-refractivity contribution in [3.05, 3.63) is 48.0 Å². The third-order valence-electron chi connectivity index (χ3n) is 8.22. The predicted octanol–water partition coefficient (Wildman–Crippen LogP) is 5.69. The van der Waals surface area contributed by atoms with Crippen molar-refractivity contribution in [2.75, 3.05) is 63.2 Å². The fraction of sp³-hybridized carbons (Fsp3) is 0.467. The van der Waals surface area contributed by atoms with Crippen molar-refractivity contribution in [1.82, 2.24) is 19.8 Å². The van der Waals surface area contributed by atoms with Crippen LogP contribution in [0.4, 0.5) is 19.0 Å². The number of hydrogen-bond acceptors (Lipinski definition) is 8. The quantitative estimate of drug-likeness (QED) is 0.273. The second-order valence-electron chi connectivity index (χ2n) is 10.8. The van der Waals surface area contributed by atoms with Crippen molar-refractivity contribution in [2.24, 2.45) is 0 Å². The Hall–Kier alpha value is -2.84. The number of thiazole rings is 2. The summed E-state index contributed by atoms with van der Waals surface area (Å²) < 4.78 is 29.1. The number of likely N-dealkylation sites (tertiary alicyclic amines) is 2. The minimum Gasteiger partial charge on any atom is -0.348 e. The number of halogens is 2. The topological polar surface area (TPSA) is 38.7 Å². The first kappa shape index (κ1) is 27.3. The Bertz CT molecular complexity index is 1410. The van der Waals surface area contributed by atoms with Crippen LogP contribution in [-0.4, -0.2) is 85.2 Å². The lowest BCUT2D eigenvalue weighted by molar-refractivity contribution is 0.230. The number of nitrogens with zero attached hydrogens (tertiary/aromatic N) is 6. The van der Waals surface area contributed by atoms with Crippen LogP contribution in [0.3, 0.4) is 0 Å². The Labute approximate surface area is 242 Å². The highest BCUT2D eigenvalue weighted by Gasteiger charge is 2.25. The van der Waals surface area contributed by atoms with Gasteiger partial charge in [0, 0.05) is 64.5 Å². The number of fused-ring (bicyclic) bond motifs is 2. The first-order valence-electron chi connectivity index (χ1n) is 13.9. The van der Waals surface area contributed by atoms with Gasteiger partial charge >= 0.3 is 0 Å². The fourth-order valence-corrected chi connectivity index (χ4v) is 7.61. The van der Waals surface area contributed by atoms with Crippen LogP contribution in [0.5, 0.6) is 0 Å². The van der Waals surface area contributed by atoms with E-state index in [1.54, 1.807) is 22.7 Å². The minimum atomic E-state index is -0.237. The normalized spacial score (nSPS) is 17.8. The van der Waals surface area contributed by atoms with E-state index >= 15 is 0 Å². The Kier molecular flexibility index (Phi) is 8.17. The van der Waals surface area contributed by atoms with E-state index in [9.17, 15) is 8.78 Å². The van der Waals surface area contributed by atoms with Gasteiger partial charge < -0.3 is 9.80 Å². The number of piperidine rings is 2. The molecule has 210 valence electrons. The molecule has 0 radical (unpaired) electrons. The number of benzene rings is 2. The Morgan fingerprint density at radius 1 is 0.725 bits per heavy atom. The highest BCUT2D eigenvalue weighted by atomic mass is 32.1. The van der Waals surface area contributed by atoms with Crippen LogP contribution in [0, 0.1) is 23.5 Å². The molecule has 2 aliphatic rings. The summed E-state index contributed by atoms with van der Waals surface area (Å²) in [6.07, 6.45) is 4.31. The van der Waals surface area contributed by atoms with E-state index in [0.717, 1.165) is 95.6 Å². The summed E-state index contributed by atoms with van der Waals surface area (Å²) in [5, 5.41) is 1.92. The SMILES string of the molecule is CN(c1nc2cc(F)ccc2s1)C1CCN(CC#CCN2CCC(N(C)c3nc4cc(F)ccc4s3)CC2)CC1. The summed E-state index contributed by atoms with van der Waals surface area (Å²) in [7, 11) is 4.21. The highest BCUT2D eigenvalue weighted by Crippen LogP contribution is 2.32. The van der Waals surface area contributed by atoms with E-state index in [1.165, 1.54) is 24.3 Å². The van der Waals surface area contributed by atoms with Gasteiger partial charge in [0.1, 0.15) is 11.6 Å². The molecule has 0 unspecified atom stereocenters. The first-order chi connectivity index (χ1) is 19.4. The molecular formula is C30H34F2N6S2. The van der Waals surface area contributed by atoms with Crippen molar-refractivity contribution in [2.45, 2.75) is 37.8 Å². The Morgan fingerprint density at radius 2 is 1.12 bits per heavy atom. The summed E-state index contributed by atoms with van der Waals surface area (Å²) in [4.78, 5) is 18.7. The Balaban J connectivity index is 0.922. The maximum atomic E-state index is 13.5. The van der Waals surface area contributed by atoms with Gasteiger partial charge in [-0.2, -0.15) is 0 Å². The smallest absolute Gasteiger partial charge is 0.186 e. The molecule has 4 heterocycles. The summed E-state index contributed by atoms with van der Waals surface area (Å²) in [5.41, 5.74) is 1.48. The van der Waals surface area contributed by atoms with E-state index in [-0.39, 0.29) is 11.6 Å². The molecule has 6 rings (SSSR count). The molecule has 0 spiro atoms. The molecule has 4 aromatic rings. The lowest BCUT2D eigenvalue weighted by Crippen LogP contribution is -2.44. The monoisotopic (exact) mass is 580 g/mol. The van der Waals surface area contributed by atoms with Gasteiger partial charge in [-0.05, 0) is 49.9 Å². The average Bonchev–Trinajstić information content (AvgIpc) is 3.59. The molecule has 2 fully saturated rings. The third kappa shape index (κ3) is 6.08. The number of aromatic nitrogens is 2. The molecule has 0 N–H and O–H groups in total. The van der Waals surface area contributed by atoms with Gasteiger partial charge in [-0.3, -0.25) is 9.80 Å². The fourth-order valence-electron chi connectivity index (χ4n) is 5.66. The second-order valence-corrected chi connectivity index (χ2v) is 12.8. The zero-order chi connectivity index (χ0) is 27.6. The van der Waals surface area contributed by atoms with Crippen LogP contribution in [0.15, 0.2) is 36.4 Å². The van der Waals surface area contributed by atoms with Gasteiger partial charge in [-0.25, -0.2) is 18.7 Å².